The van der Waals surface area contributed by atoms with Crippen LogP contribution < -0.4 is 14.8 Å². The van der Waals surface area contributed by atoms with Crippen molar-refractivity contribution in [3.05, 3.63) is 42.5 Å². The number of aromatic hydroxyl groups is 1. The van der Waals surface area contributed by atoms with Crippen molar-refractivity contribution in [3.8, 4) is 17.4 Å². The summed E-state index contributed by atoms with van der Waals surface area (Å²) in [5.41, 5.74) is 1.07. The highest BCUT2D eigenvalue weighted by atomic mass is 32.1. The second-order valence-corrected chi connectivity index (χ2v) is 6.39. The van der Waals surface area contributed by atoms with Crippen LogP contribution in [-0.4, -0.2) is 28.3 Å². The molecule has 0 aliphatic carbocycles. The Hall–Kier alpha value is -3.34. The molecule has 3 aromatic rings. The number of nitrogens with zero attached hydrogens (tertiary/aromatic N) is 3. The van der Waals surface area contributed by atoms with Crippen LogP contribution in [0.5, 0.6) is 17.4 Å². The lowest BCUT2D eigenvalue weighted by molar-refractivity contribution is -0.274. The molecule has 3 rings (SSSR count). The molecule has 0 bridgehead atoms. The molecule has 1 aromatic heterocycles. The van der Waals surface area contributed by atoms with E-state index in [-0.39, 0.29) is 22.1 Å². The fourth-order valence-corrected chi connectivity index (χ4v) is 3.02. The van der Waals surface area contributed by atoms with Gasteiger partial charge >= 0.3 is 6.36 Å². The lowest BCUT2D eigenvalue weighted by atomic mass is 10.2. The van der Waals surface area contributed by atoms with E-state index in [1.165, 1.54) is 17.7 Å². The number of aryl methyl sites for hydroxylation is 1. The number of methoxy groups -OCH3 is 1. The highest BCUT2D eigenvalue weighted by Gasteiger charge is 2.31. The Bertz CT molecular complexity index is 1110. The molecule has 0 amide bonds. The predicted octanol–water partition coefficient (Wildman–Crippen LogP) is 5.75. The standard InChI is InChI=1S/C19H17F3N4O3S/c1-3-26-15-8-7-13(29-19(20,21)22)10-14(15)16(17(26)27)24-25-18(30)23-11-5-4-6-12(9-11)28-2/h4-10,27H,3H2,1-2H3,(H,23,30). The van der Waals surface area contributed by atoms with Crippen LogP contribution in [0.4, 0.5) is 24.5 Å². The summed E-state index contributed by atoms with van der Waals surface area (Å²) in [6.07, 6.45) is -4.84. The summed E-state index contributed by atoms with van der Waals surface area (Å²) in [6, 6.07) is 10.7. The lowest BCUT2D eigenvalue weighted by Gasteiger charge is -2.09. The number of benzene rings is 2. The third-order valence-electron chi connectivity index (χ3n) is 4.09. The van der Waals surface area contributed by atoms with Crippen molar-refractivity contribution in [2.45, 2.75) is 19.8 Å². The topological polar surface area (TPSA) is 80.4 Å². The van der Waals surface area contributed by atoms with E-state index in [1.54, 1.807) is 31.2 Å². The lowest BCUT2D eigenvalue weighted by Crippen LogP contribution is -2.16. The molecule has 0 fully saturated rings. The summed E-state index contributed by atoms with van der Waals surface area (Å²) in [7, 11) is 1.53. The maximum Gasteiger partial charge on any atom is 0.573 e. The summed E-state index contributed by atoms with van der Waals surface area (Å²) in [4.78, 5) is 0. The molecule has 0 radical (unpaired) electrons. The number of hydrogen-bond acceptors (Lipinski definition) is 5. The van der Waals surface area contributed by atoms with Crippen molar-refractivity contribution in [2.75, 3.05) is 12.4 Å². The smallest absolute Gasteiger partial charge is 0.497 e. The van der Waals surface area contributed by atoms with E-state index in [0.717, 1.165) is 12.1 Å². The number of aromatic nitrogens is 1. The summed E-state index contributed by atoms with van der Waals surface area (Å²) in [5, 5.41) is 21.4. The second-order valence-electron chi connectivity index (χ2n) is 6.01. The number of hydrogen-bond donors (Lipinski definition) is 2. The molecular weight excluding hydrogens is 421 g/mol. The van der Waals surface area contributed by atoms with Crippen LogP contribution in [0, 0.1) is 0 Å². The van der Waals surface area contributed by atoms with Crippen molar-refractivity contribution in [3.63, 3.8) is 0 Å². The first kappa shape index (κ1) is 21.4. The fraction of sp³-hybridized carbons (Fsp3) is 0.211. The quantitative estimate of drug-likeness (QED) is 0.391. The first-order valence-corrected chi connectivity index (χ1v) is 9.10. The number of ether oxygens (including phenoxy) is 2. The number of azo groups is 1. The van der Waals surface area contributed by atoms with Crippen LogP contribution in [0.15, 0.2) is 52.7 Å². The number of thiocarbonyl (C=S) groups is 1. The third kappa shape index (κ3) is 4.79. The van der Waals surface area contributed by atoms with Gasteiger partial charge in [0.15, 0.2) is 5.69 Å². The molecule has 158 valence electrons. The third-order valence-corrected chi connectivity index (χ3v) is 4.28. The Morgan fingerprint density at radius 1 is 1.20 bits per heavy atom. The Labute approximate surface area is 174 Å². The number of halogens is 3. The van der Waals surface area contributed by atoms with E-state index in [1.807, 2.05) is 0 Å². The normalized spacial score (nSPS) is 11.8. The summed E-state index contributed by atoms with van der Waals surface area (Å²) in [5.74, 6) is -0.0676. The number of fused-ring (bicyclic) bond motifs is 1. The van der Waals surface area contributed by atoms with Crippen LogP contribution in [0.1, 0.15) is 6.92 Å². The molecular formula is C19H17F3N4O3S. The van der Waals surface area contributed by atoms with E-state index in [9.17, 15) is 18.3 Å². The number of alkyl halides is 3. The van der Waals surface area contributed by atoms with Crippen molar-refractivity contribution in [1.82, 2.24) is 4.57 Å². The van der Waals surface area contributed by atoms with Crippen molar-refractivity contribution < 1.29 is 27.8 Å². The number of rotatable bonds is 5. The Balaban J connectivity index is 1.92. The molecule has 7 nitrogen and oxygen atoms in total. The first-order chi connectivity index (χ1) is 14.2. The van der Waals surface area contributed by atoms with Gasteiger partial charge in [0.1, 0.15) is 11.5 Å². The zero-order valence-electron chi connectivity index (χ0n) is 15.9. The maximum absolute atomic E-state index is 12.6. The van der Waals surface area contributed by atoms with Crippen LogP contribution in [-0.2, 0) is 6.54 Å². The van der Waals surface area contributed by atoms with Crippen molar-refractivity contribution in [2.24, 2.45) is 10.2 Å². The molecule has 0 aliphatic rings. The van der Waals surface area contributed by atoms with Gasteiger partial charge in [-0.1, -0.05) is 6.07 Å². The minimum Gasteiger partial charge on any atom is -0.497 e. The van der Waals surface area contributed by atoms with Crippen molar-refractivity contribution >= 4 is 39.6 Å². The van der Waals surface area contributed by atoms with Gasteiger partial charge in [-0.05, 0) is 49.5 Å². The average molecular weight is 438 g/mol. The molecule has 0 spiro atoms. The summed E-state index contributed by atoms with van der Waals surface area (Å²) < 4.78 is 48.2. The molecule has 2 N–H and O–H groups in total. The molecule has 30 heavy (non-hydrogen) atoms. The largest absolute Gasteiger partial charge is 0.573 e. The maximum atomic E-state index is 12.6. The van der Waals surface area contributed by atoms with Gasteiger partial charge in [-0.3, -0.25) is 0 Å². The highest BCUT2D eigenvalue weighted by molar-refractivity contribution is 7.80. The van der Waals surface area contributed by atoms with Gasteiger partial charge in [-0.25, -0.2) is 0 Å². The Morgan fingerprint density at radius 2 is 1.97 bits per heavy atom. The van der Waals surface area contributed by atoms with Gasteiger partial charge in [0.2, 0.25) is 11.0 Å². The highest BCUT2D eigenvalue weighted by Crippen LogP contribution is 2.41. The Kier molecular flexibility index (Phi) is 6.11. The average Bonchev–Trinajstić information content (AvgIpc) is 2.95. The van der Waals surface area contributed by atoms with E-state index in [0.29, 0.717) is 23.5 Å². The molecule has 0 atom stereocenters. The van der Waals surface area contributed by atoms with Gasteiger partial charge < -0.3 is 24.5 Å². The van der Waals surface area contributed by atoms with Crippen LogP contribution in [0.2, 0.25) is 0 Å². The minimum atomic E-state index is -4.84. The minimum absolute atomic E-state index is 0.0113. The summed E-state index contributed by atoms with van der Waals surface area (Å²) in [6.45, 7) is 2.14. The van der Waals surface area contributed by atoms with E-state index in [2.05, 4.69) is 20.3 Å². The van der Waals surface area contributed by atoms with Crippen molar-refractivity contribution in [1.29, 1.82) is 0 Å². The monoisotopic (exact) mass is 438 g/mol. The van der Waals surface area contributed by atoms with Gasteiger partial charge in [0.05, 0.1) is 12.6 Å². The van der Waals surface area contributed by atoms with E-state index in [4.69, 9.17) is 17.0 Å². The zero-order chi connectivity index (χ0) is 21.9. The van der Waals surface area contributed by atoms with Crippen LogP contribution in [0.3, 0.4) is 0 Å². The molecule has 0 saturated heterocycles. The van der Waals surface area contributed by atoms with E-state index >= 15 is 0 Å². The fourth-order valence-electron chi connectivity index (χ4n) is 2.86. The van der Waals surface area contributed by atoms with E-state index < -0.39 is 12.1 Å². The molecule has 0 saturated carbocycles. The molecule has 2 aromatic carbocycles. The predicted molar refractivity (Wildman–Crippen MR) is 110 cm³/mol. The molecule has 0 unspecified atom stereocenters. The van der Waals surface area contributed by atoms with Gasteiger partial charge in [0, 0.05) is 23.7 Å². The first-order valence-electron chi connectivity index (χ1n) is 8.69. The molecule has 0 aliphatic heterocycles. The van der Waals surface area contributed by atoms with Gasteiger partial charge in [-0.15, -0.1) is 23.4 Å². The second kappa shape index (κ2) is 8.57. The molecule has 11 heteroatoms. The van der Waals surface area contributed by atoms with Crippen LogP contribution in [0.25, 0.3) is 10.9 Å². The summed E-state index contributed by atoms with van der Waals surface area (Å²) >= 11 is 5.14. The van der Waals surface area contributed by atoms with Gasteiger partial charge in [-0.2, -0.15) is 0 Å². The Morgan fingerprint density at radius 3 is 2.63 bits per heavy atom. The number of anilines is 1. The number of nitrogens with one attached hydrogen (secondary N) is 1. The van der Waals surface area contributed by atoms with Crippen LogP contribution >= 0.6 is 12.2 Å². The molecule has 1 heterocycles. The zero-order valence-corrected chi connectivity index (χ0v) is 16.7. The van der Waals surface area contributed by atoms with Gasteiger partial charge in [0.25, 0.3) is 0 Å². The SMILES string of the molecule is CCn1c(O)c(N=NC(=S)Nc2cccc(OC)c2)c2cc(OC(F)(F)F)ccc21.